The van der Waals surface area contributed by atoms with Crippen molar-refractivity contribution in [2.75, 3.05) is 0 Å². The number of carbonyl (C=O) groups is 1. The van der Waals surface area contributed by atoms with E-state index in [0.29, 0.717) is 13.1 Å². The van der Waals surface area contributed by atoms with E-state index in [1.807, 2.05) is 77.7 Å². The van der Waals surface area contributed by atoms with Crippen molar-refractivity contribution in [1.29, 1.82) is 0 Å². The van der Waals surface area contributed by atoms with E-state index in [1.165, 1.54) is 0 Å². The standard InChI is InChI=1S/C22H23NO2/c1-2-21(19-12-7-4-8-13-19)22(24)23(17-20-14-9-15-25-20)16-18-10-5-3-6-11-18/h3-15,21H,2,16-17H2,1H3. The fourth-order valence-corrected chi connectivity index (χ4v) is 3.06. The van der Waals surface area contributed by atoms with Crippen molar-refractivity contribution in [2.24, 2.45) is 0 Å². The fourth-order valence-electron chi connectivity index (χ4n) is 3.06. The molecule has 0 aliphatic carbocycles. The molecular formula is C22H23NO2. The number of hydrogen-bond donors (Lipinski definition) is 0. The summed E-state index contributed by atoms with van der Waals surface area (Å²) in [5.74, 6) is 0.793. The van der Waals surface area contributed by atoms with E-state index >= 15 is 0 Å². The van der Waals surface area contributed by atoms with Gasteiger partial charge < -0.3 is 9.32 Å². The van der Waals surface area contributed by atoms with Crippen molar-refractivity contribution >= 4 is 5.91 Å². The lowest BCUT2D eigenvalue weighted by Gasteiger charge is -2.27. The van der Waals surface area contributed by atoms with Crippen LogP contribution in [-0.4, -0.2) is 10.8 Å². The van der Waals surface area contributed by atoms with Crippen LogP contribution in [0, 0.1) is 0 Å². The van der Waals surface area contributed by atoms with Crippen molar-refractivity contribution in [3.63, 3.8) is 0 Å². The molecular weight excluding hydrogens is 310 g/mol. The smallest absolute Gasteiger partial charge is 0.230 e. The van der Waals surface area contributed by atoms with E-state index in [1.54, 1.807) is 6.26 Å². The summed E-state index contributed by atoms with van der Waals surface area (Å²) in [5.41, 5.74) is 2.18. The third-order valence-corrected chi connectivity index (χ3v) is 4.36. The normalized spacial score (nSPS) is 11.9. The predicted octanol–water partition coefficient (Wildman–Crippen LogP) is 5.00. The van der Waals surface area contributed by atoms with Crippen molar-refractivity contribution in [2.45, 2.75) is 32.4 Å². The van der Waals surface area contributed by atoms with E-state index in [-0.39, 0.29) is 11.8 Å². The quantitative estimate of drug-likeness (QED) is 0.609. The molecule has 1 aromatic heterocycles. The molecule has 25 heavy (non-hydrogen) atoms. The number of carbonyl (C=O) groups excluding carboxylic acids is 1. The topological polar surface area (TPSA) is 33.5 Å². The van der Waals surface area contributed by atoms with Gasteiger partial charge in [-0.1, -0.05) is 67.6 Å². The van der Waals surface area contributed by atoms with E-state index in [2.05, 4.69) is 6.92 Å². The highest BCUT2D eigenvalue weighted by Gasteiger charge is 2.25. The highest BCUT2D eigenvalue weighted by molar-refractivity contribution is 5.83. The van der Waals surface area contributed by atoms with Crippen LogP contribution >= 0.6 is 0 Å². The number of hydrogen-bond acceptors (Lipinski definition) is 2. The Bertz CT molecular complexity index is 766. The maximum atomic E-state index is 13.3. The molecule has 1 amide bonds. The van der Waals surface area contributed by atoms with Crippen LogP contribution in [0.15, 0.2) is 83.5 Å². The molecule has 0 saturated carbocycles. The van der Waals surface area contributed by atoms with Gasteiger partial charge in [-0.3, -0.25) is 4.79 Å². The summed E-state index contributed by atoms with van der Waals surface area (Å²) in [6.07, 6.45) is 2.42. The van der Waals surface area contributed by atoms with Gasteiger partial charge in [-0.05, 0) is 29.7 Å². The van der Waals surface area contributed by atoms with Crippen LogP contribution in [0.4, 0.5) is 0 Å². The molecule has 1 atom stereocenters. The minimum absolute atomic E-state index is 0.133. The van der Waals surface area contributed by atoms with E-state index in [0.717, 1.165) is 23.3 Å². The number of furan rings is 1. The summed E-state index contributed by atoms with van der Waals surface area (Å²) in [7, 11) is 0. The van der Waals surface area contributed by atoms with E-state index in [9.17, 15) is 4.79 Å². The molecule has 2 aromatic carbocycles. The highest BCUT2D eigenvalue weighted by atomic mass is 16.3. The molecule has 0 fully saturated rings. The molecule has 3 heteroatoms. The summed E-state index contributed by atoms with van der Waals surface area (Å²) in [6.45, 7) is 3.11. The van der Waals surface area contributed by atoms with Gasteiger partial charge in [-0.25, -0.2) is 0 Å². The van der Waals surface area contributed by atoms with E-state index < -0.39 is 0 Å². The van der Waals surface area contributed by atoms with Crippen molar-refractivity contribution in [3.8, 4) is 0 Å². The first-order valence-corrected chi connectivity index (χ1v) is 8.68. The highest BCUT2D eigenvalue weighted by Crippen LogP contribution is 2.24. The summed E-state index contributed by atoms with van der Waals surface area (Å²) in [4.78, 5) is 15.2. The number of amides is 1. The summed E-state index contributed by atoms with van der Waals surface area (Å²) in [6, 6.07) is 23.9. The molecule has 0 aliphatic heterocycles. The first-order valence-electron chi connectivity index (χ1n) is 8.68. The molecule has 0 spiro atoms. The average molecular weight is 333 g/mol. The first-order chi connectivity index (χ1) is 12.3. The van der Waals surface area contributed by atoms with Crippen LogP contribution in [-0.2, 0) is 17.9 Å². The lowest BCUT2D eigenvalue weighted by atomic mass is 9.94. The van der Waals surface area contributed by atoms with Crippen molar-refractivity contribution in [3.05, 3.63) is 95.9 Å². The number of benzene rings is 2. The Kier molecular flexibility index (Phi) is 5.68. The fraction of sp³-hybridized carbons (Fsp3) is 0.227. The maximum absolute atomic E-state index is 13.3. The van der Waals surface area contributed by atoms with Gasteiger partial charge in [-0.2, -0.15) is 0 Å². The molecule has 1 unspecified atom stereocenters. The largest absolute Gasteiger partial charge is 0.467 e. The summed E-state index contributed by atoms with van der Waals surface area (Å²) in [5, 5.41) is 0. The third kappa shape index (κ3) is 4.38. The Morgan fingerprint density at radius 2 is 1.60 bits per heavy atom. The summed E-state index contributed by atoms with van der Waals surface area (Å²) < 4.78 is 5.48. The zero-order chi connectivity index (χ0) is 17.5. The lowest BCUT2D eigenvalue weighted by molar-refractivity contribution is -0.134. The Morgan fingerprint density at radius 1 is 0.920 bits per heavy atom. The molecule has 3 nitrogen and oxygen atoms in total. The maximum Gasteiger partial charge on any atom is 0.230 e. The molecule has 0 radical (unpaired) electrons. The van der Waals surface area contributed by atoms with Gasteiger partial charge in [0.25, 0.3) is 0 Å². The van der Waals surface area contributed by atoms with Crippen molar-refractivity contribution in [1.82, 2.24) is 4.90 Å². The van der Waals surface area contributed by atoms with Gasteiger partial charge in [-0.15, -0.1) is 0 Å². The minimum atomic E-state index is -0.139. The van der Waals surface area contributed by atoms with Gasteiger partial charge >= 0.3 is 0 Å². The Hall–Kier alpha value is -2.81. The molecule has 128 valence electrons. The SMILES string of the molecule is CCC(C(=O)N(Cc1ccccc1)Cc1ccco1)c1ccccc1. The third-order valence-electron chi connectivity index (χ3n) is 4.36. The molecule has 0 saturated heterocycles. The Morgan fingerprint density at radius 3 is 2.20 bits per heavy atom. The van der Waals surface area contributed by atoms with Crippen LogP contribution in [0.5, 0.6) is 0 Å². The van der Waals surface area contributed by atoms with Gasteiger partial charge in [0.05, 0.1) is 18.7 Å². The number of nitrogens with zero attached hydrogens (tertiary/aromatic N) is 1. The van der Waals surface area contributed by atoms with Crippen LogP contribution in [0.2, 0.25) is 0 Å². The predicted molar refractivity (Wildman–Crippen MR) is 98.9 cm³/mol. The molecule has 3 aromatic rings. The lowest BCUT2D eigenvalue weighted by Crippen LogP contribution is -2.34. The minimum Gasteiger partial charge on any atom is -0.467 e. The van der Waals surface area contributed by atoms with Crippen molar-refractivity contribution < 1.29 is 9.21 Å². The zero-order valence-electron chi connectivity index (χ0n) is 14.5. The molecule has 1 heterocycles. The van der Waals surface area contributed by atoms with Crippen LogP contribution < -0.4 is 0 Å². The Labute approximate surface area is 148 Å². The van der Waals surface area contributed by atoms with Crippen LogP contribution in [0.3, 0.4) is 0 Å². The van der Waals surface area contributed by atoms with E-state index in [4.69, 9.17) is 4.42 Å². The van der Waals surface area contributed by atoms with Crippen LogP contribution in [0.25, 0.3) is 0 Å². The second-order valence-electron chi connectivity index (χ2n) is 6.13. The summed E-state index contributed by atoms with van der Waals surface area (Å²) >= 11 is 0. The monoisotopic (exact) mass is 333 g/mol. The number of rotatable bonds is 7. The van der Waals surface area contributed by atoms with Gasteiger partial charge in [0.1, 0.15) is 5.76 Å². The molecule has 0 bridgehead atoms. The molecule has 3 rings (SSSR count). The zero-order valence-corrected chi connectivity index (χ0v) is 14.5. The molecule has 0 N–H and O–H groups in total. The second kappa shape index (κ2) is 8.34. The van der Waals surface area contributed by atoms with Gasteiger partial charge in [0.15, 0.2) is 0 Å². The van der Waals surface area contributed by atoms with Gasteiger partial charge in [0, 0.05) is 6.54 Å². The van der Waals surface area contributed by atoms with Crippen LogP contribution in [0.1, 0.15) is 36.1 Å². The molecule has 0 aliphatic rings. The average Bonchev–Trinajstić information content (AvgIpc) is 3.17. The second-order valence-corrected chi connectivity index (χ2v) is 6.13. The van der Waals surface area contributed by atoms with Gasteiger partial charge in [0.2, 0.25) is 5.91 Å². The Balaban J connectivity index is 1.85. The first kappa shape index (κ1) is 17.0.